The topological polar surface area (TPSA) is 72.9 Å². The lowest BCUT2D eigenvalue weighted by atomic mass is 10.1. The molecule has 2 aromatic rings. The zero-order chi connectivity index (χ0) is 18.7. The third-order valence-corrected chi connectivity index (χ3v) is 4.31. The normalized spacial score (nSPS) is 16.5. The van der Waals surface area contributed by atoms with Crippen LogP contribution in [0.2, 0.25) is 0 Å². The molecule has 0 saturated carbocycles. The maximum absolute atomic E-state index is 12.5. The number of methoxy groups -OCH3 is 1. The molecule has 6 nitrogen and oxygen atoms in total. The van der Waals surface area contributed by atoms with E-state index < -0.39 is 11.9 Å². The van der Waals surface area contributed by atoms with E-state index in [0.717, 1.165) is 0 Å². The Morgan fingerprint density at radius 2 is 1.69 bits per heavy atom. The van der Waals surface area contributed by atoms with Crippen molar-refractivity contribution < 1.29 is 23.9 Å². The zero-order valence-corrected chi connectivity index (χ0v) is 14.6. The molecule has 0 bridgehead atoms. The van der Waals surface area contributed by atoms with Gasteiger partial charge in [0.2, 0.25) is 5.91 Å². The van der Waals surface area contributed by atoms with Gasteiger partial charge < -0.3 is 14.4 Å². The number of benzene rings is 2. The van der Waals surface area contributed by atoms with Crippen LogP contribution in [0.25, 0.3) is 0 Å². The van der Waals surface area contributed by atoms with Crippen LogP contribution in [0.5, 0.6) is 11.5 Å². The maximum Gasteiger partial charge on any atom is 0.316 e. The number of carbonyl (C=O) groups excluding carboxylic acids is 3. The Balaban J connectivity index is 1.77. The van der Waals surface area contributed by atoms with Gasteiger partial charge in [-0.15, -0.1) is 0 Å². The summed E-state index contributed by atoms with van der Waals surface area (Å²) in [5.41, 5.74) is 0.964. The van der Waals surface area contributed by atoms with E-state index in [2.05, 4.69) is 0 Å². The summed E-state index contributed by atoms with van der Waals surface area (Å²) in [7, 11) is 1.53. The molecule has 0 aliphatic carbocycles. The first-order valence-electron chi connectivity index (χ1n) is 8.26. The van der Waals surface area contributed by atoms with Gasteiger partial charge in [0.25, 0.3) is 0 Å². The molecule has 6 heteroatoms. The number of para-hydroxylation sites is 3. The average Bonchev–Trinajstić information content (AvgIpc) is 3.03. The summed E-state index contributed by atoms with van der Waals surface area (Å²) in [6.07, 6.45) is 0.0547. The van der Waals surface area contributed by atoms with Crippen molar-refractivity contribution in [2.45, 2.75) is 13.3 Å². The third-order valence-electron chi connectivity index (χ3n) is 4.31. The highest BCUT2D eigenvalue weighted by molar-refractivity contribution is 6.01. The molecule has 0 spiro atoms. The largest absolute Gasteiger partial charge is 0.495 e. The SMILES string of the molecule is COc1ccccc1N1C[C@@H](C(=O)Oc2ccccc2C(C)=O)CC1=O. The predicted octanol–water partition coefficient (Wildman–Crippen LogP) is 2.86. The second kappa shape index (κ2) is 7.39. The Hall–Kier alpha value is -3.15. The highest BCUT2D eigenvalue weighted by Gasteiger charge is 2.37. The third kappa shape index (κ3) is 3.44. The lowest BCUT2D eigenvalue weighted by Gasteiger charge is -2.19. The van der Waals surface area contributed by atoms with Gasteiger partial charge >= 0.3 is 5.97 Å². The van der Waals surface area contributed by atoms with Gasteiger partial charge in [-0.1, -0.05) is 24.3 Å². The fourth-order valence-corrected chi connectivity index (χ4v) is 2.99. The molecule has 26 heavy (non-hydrogen) atoms. The molecule has 1 amide bonds. The number of rotatable bonds is 5. The first-order valence-corrected chi connectivity index (χ1v) is 8.26. The van der Waals surface area contributed by atoms with Gasteiger partial charge in [-0.2, -0.15) is 0 Å². The number of Topliss-reactive ketones (excluding diaryl/α,β-unsaturated/α-hetero) is 1. The smallest absolute Gasteiger partial charge is 0.316 e. The molecule has 1 saturated heterocycles. The van der Waals surface area contributed by atoms with E-state index in [4.69, 9.17) is 9.47 Å². The predicted molar refractivity (Wildman–Crippen MR) is 95.5 cm³/mol. The van der Waals surface area contributed by atoms with E-state index in [0.29, 0.717) is 17.0 Å². The van der Waals surface area contributed by atoms with Crippen LogP contribution in [0.15, 0.2) is 48.5 Å². The quantitative estimate of drug-likeness (QED) is 0.469. The number of amides is 1. The minimum Gasteiger partial charge on any atom is -0.495 e. The monoisotopic (exact) mass is 353 g/mol. The van der Waals surface area contributed by atoms with Gasteiger partial charge in [-0.05, 0) is 31.2 Å². The van der Waals surface area contributed by atoms with Crippen molar-refractivity contribution in [1.82, 2.24) is 0 Å². The fraction of sp³-hybridized carbons (Fsp3) is 0.250. The number of esters is 1. The summed E-state index contributed by atoms with van der Waals surface area (Å²) < 4.78 is 10.7. The summed E-state index contributed by atoms with van der Waals surface area (Å²) in [5, 5.41) is 0. The second-order valence-electron chi connectivity index (χ2n) is 6.05. The van der Waals surface area contributed by atoms with Gasteiger partial charge in [0, 0.05) is 13.0 Å². The molecular formula is C20H19NO5. The van der Waals surface area contributed by atoms with Gasteiger partial charge in [0.15, 0.2) is 5.78 Å². The summed E-state index contributed by atoms with van der Waals surface area (Å²) in [4.78, 5) is 38.1. The maximum atomic E-state index is 12.5. The molecule has 1 fully saturated rings. The minimum absolute atomic E-state index is 0.0547. The molecule has 1 aliphatic rings. The van der Waals surface area contributed by atoms with E-state index >= 15 is 0 Å². The Morgan fingerprint density at radius 1 is 1.04 bits per heavy atom. The minimum atomic E-state index is -0.604. The van der Waals surface area contributed by atoms with Crippen LogP contribution in [-0.2, 0) is 9.59 Å². The van der Waals surface area contributed by atoms with Crippen molar-refractivity contribution in [1.29, 1.82) is 0 Å². The molecule has 2 aromatic carbocycles. The van der Waals surface area contributed by atoms with Crippen LogP contribution in [0.1, 0.15) is 23.7 Å². The van der Waals surface area contributed by atoms with Crippen LogP contribution in [0, 0.1) is 5.92 Å². The molecule has 0 unspecified atom stereocenters. The Morgan fingerprint density at radius 3 is 2.38 bits per heavy atom. The zero-order valence-electron chi connectivity index (χ0n) is 14.6. The number of hydrogen-bond donors (Lipinski definition) is 0. The van der Waals surface area contributed by atoms with Crippen molar-refractivity contribution >= 4 is 23.3 Å². The van der Waals surface area contributed by atoms with Crippen molar-refractivity contribution in [3.8, 4) is 11.5 Å². The van der Waals surface area contributed by atoms with Crippen LogP contribution >= 0.6 is 0 Å². The highest BCUT2D eigenvalue weighted by Crippen LogP contribution is 2.33. The molecule has 1 aliphatic heterocycles. The van der Waals surface area contributed by atoms with Crippen molar-refractivity contribution in [2.24, 2.45) is 5.92 Å². The van der Waals surface area contributed by atoms with E-state index in [1.165, 1.54) is 18.9 Å². The summed E-state index contributed by atoms with van der Waals surface area (Å²) in [5.74, 6) is -0.704. The summed E-state index contributed by atoms with van der Waals surface area (Å²) in [6.45, 7) is 1.62. The van der Waals surface area contributed by atoms with E-state index in [1.807, 2.05) is 6.07 Å². The Bertz CT molecular complexity index is 861. The Kier molecular flexibility index (Phi) is 5.02. The van der Waals surface area contributed by atoms with Crippen molar-refractivity contribution in [3.05, 3.63) is 54.1 Å². The lowest BCUT2D eigenvalue weighted by molar-refractivity contribution is -0.139. The first-order chi connectivity index (χ1) is 12.5. The van der Waals surface area contributed by atoms with Crippen LogP contribution in [0.4, 0.5) is 5.69 Å². The van der Waals surface area contributed by atoms with Gasteiger partial charge in [0.05, 0.1) is 24.3 Å². The average molecular weight is 353 g/mol. The Labute approximate surface area is 151 Å². The molecule has 1 atom stereocenters. The number of hydrogen-bond acceptors (Lipinski definition) is 5. The van der Waals surface area contributed by atoms with Gasteiger partial charge in [0.1, 0.15) is 11.5 Å². The fourth-order valence-electron chi connectivity index (χ4n) is 2.99. The summed E-state index contributed by atoms with van der Waals surface area (Å²) in [6, 6.07) is 13.7. The molecule has 1 heterocycles. The molecule has 3 rings (SSSR count). The molecule has 134 valence electrons. The molecule has 0 N–H and O–H groups in total. The van der Waals surface area contributed by atoms with E-state index in [-0.39, 0.29) is 30.4 Å². The van der Waals surface area contributed by atoms with Gasteiger partial charge in [-0.25, -0.2) is 0 Å². The standard InChI is InChI=1S/C20H19NO5/c1-13(22)15-7-3-5-9-17(15)26-20(24)14-11-19(23)21(12-14)16-8-4-6-10-18(16)25-2/h3-10,14H,11-12H2,1-2H3/t14-/m0/s1. The number of carbonyl (C=O) groups is 3. The van der Waals surface area contributed by atoms with E-state index in [1.54, 1.807) is 42.5 Å². The highest BCUT2D eigenvalue weighted by atomic mass is 16.5. The van der Waals surface area contributed by atoms with Crippen molar-refractivity contribution in [3.63, 3.8) is 0 Å². The second-order valence-corrected chi connectivity index (χ2v) is 6.05. The molecular weight excluding hydrogens is 334 g/mol. The number of ketones is 1. The number of ether oxygens (including phenoxy) is 2. The molecule has 0 radical (unpaired) electrons. The van der Waals surface area contributed by atoms with Crippen molar-refractivity contribution in [2.75, 3.05) is 18.6 Å². The lowest BCUT2D eigenvalue weighted by Crippen LogP contribution is -2.27. The molecule has 0 aromatic heterocycles. The number of anilines is 1. The summed E-state index contributed by atoms with van der Waals surface area (Å²) >= 11 is 0. The van der Waals surface area contributed by atoms with Crippen LogP contribution in [-0.4, -0.2) is 31.3 Å². The van der Waals surface area contributed by atoms with E-state index in [9.17, 15) is 14.4 Å². The first kappa shape index (κ1) is 17.7. The van der Waals surface area contributed by atoms with Gasteiger partial charge in [-0.3, -0.25) is 14.4 Å². The van der Waals surface area contributed by atoms with Crippen LogP contribution in [0.3, 0.4) is 0 Å². The van der Waals surface area contributed by atoms with Crippen LogP contribution < -0.4 is 14.4 Å². The number of nitrogens with zero attached hydrogens (tertiary/aromatic N) is 1.